The largest absolute Gasteiger partial charge is 0.493 e. The van der Waals surface area contributed by atoms with Gasteiger partial charge in [0.15, 0.2) is 17.5 Å². The Bertz CT molecular complexity index is 844. The Morgan fingerprint density at radius 1 is 1.07 bits per heavy atom. The lowest BCUT2D eigenvalue weighted by Gasteiger charge is -2.14. The van der Waals surface area contributed by atoms with Crippen molar-refractivity contribution < 1.29 is 27.4 Å². The van der Waals surface area contributed by atoms with Gasteiger partial charge in [-0.3, -0.25) is 4.99 Å². The average molecular weight is 426 g/mol. The van der Waals surface area contributed by atoms with E-state index in [1.165, 1.54) is 12.3 Å². The number of ether oxygens (including phenoxy) is 3. The van der Waals surface area contributed by atoms with Gasteiger partial charge >= 0.3 is 6.18 Å². The molecule has 1 aromatic heterocycles. The van der Waals surface area contributed by atoms with Crippen LogP contribution in [0.1, 0.15) is 11.1 Å². The maximum Gasteiger partial charge on any atom is 0.421 e. The number of hydrogen-bond acceptors (Lipinski definition) is 5. The molecule has 2 aromatic rings. The normalized spacial score (nSPS) is 11.7. The SMILES string of the molecule is CN=C(NCCOc1ncccc1C(F)(F)F)NCCc1ccc(OC)c(OC)c1. The molecule has 0 aliphatic rings. The quantitative estimate of drug-likeness (QED) is 0.365. The number of benzene rings is 1. The Kier molecular flexibility index (Phi) is 8.57. The Balaban J connectivity index is 1.77. The summed E-state index contributed by atoms with van der Waals surface area (Å²) in [6.45, 7) is 0.842. The van der Waals surface area contributed by atoms with Gasteiger partial charge in [0.25, 0.3) is 0 Å². The zero-order valence-corrected chi connectivity index (χ0v) is 17.0. The highest BCUT2D eigenvalue weighted by atomic mass is 19.4. The highest BCUT2D eigenvalue weighted by Gasteiger charge is 2.34. The highest BCUT2D eigenvalue weighted by molar-refractivity contribution is 5.79. The third-order valence-electron chi connectivity index (χ3n) is 4.09. The Labute approximate surface area is 173 Å². The molecule has 2 rings (SSSR count). The number of nitrogens with zero attached hydrogens (tertiary/aromatic N) is 2. The zero-order chi connectivity index (χ0) is 22.0. The van der Waals surface area contributed by atoms with Crippen LogP contribution in [0, 0.1) is 0 Å². The molecule has 0 fully saturated rings. The van der Waals surface area contributed by atoms with Crippen LogP contribution in [0.15, 0.2) is 41.5 Å². The third kappa shape index (κ3) is 6.71. The molecule has 0 saturated carbocycles. The molecular formula is C20H25F3N4O3. The molecule has 0 aliphatic heterocycles. The number of aliphatic imine (C=N–C) groups is 1. The molecule has 0 aliphatic carbocycles. The van der Waals surface area contributed by atoms with E-state index in [0.717, 1.165) is 11.6 Å². The molecule has 10 heteroatoms. The Morgan fingerprint density at radius 2 is 1.80 bits per heavy atom. The fourth-order valence-corrected chi connectivity index (χ4v) is 2.62. The second kappa shape index (κ2) is 11.1. The first-order valence-corrected chi connectivity index (χ1v) is 9.19. The highest BCUT2D eigenvalue weighted by Crippen LogP contribution is 2.34. The second-order valence-corrected chi connectivity index (χ2v) is 6.07. The van der Waals surface area contributed by atoms with Crippen molar-refractivity contribution in [1.82, 2.24) is 15.6 Å². The number of pyridine rings is 1. The molecule has 1 aromatic carbocycles. The molecular weight excluding hydrogens is 401 g/mol. The summed E-state index contributed by atoms with van der Waals surface area (Å²) in [5.41, 5.74) is 0.149. The lowest BCUT2D eigenvalue weighted by molar-refractivity contribution is -0.139. The molecule has 0 bridgehead atoms. The van der Waals surface area contributed by atoms with Gasteiger partial charge < -0.3 is 24.8 Å². The summed E-state index contributed by atoms with van der Waals surface area (Å²) >= 11 is 0. The minimum Gasteiger partial charge on any atom is -0.493 e. The van der Waals surface area contributed by atoms with Crippen LogP contribution in [0.2, 0.25) is 0 Å². The average Bonchev–Trinajstić information content (AvgIpc) is 2.74. The van der Waals surface area contributed by atoms with Crippen LogP contribution in [0.25, 0.3) is 0 Å². The summed E-state index contributed by atoms with van der Waals surface area (Å²) in [6, 6.07) is 7.84. The summed E-state index contributed by atoms with van der Waals surface area (Å²) in [5.74, 6) is 1.38. The molecule has 0 amide bonds. The van der Waals surface area contributed by atoms with Gasteiger partial charge in [0.2, 0.25) is 5.88 Å². The molecule has 164 valence electrons. The maximum absolute atomic E-state index is 12.9. The summed E-state index contributed by atoms with van der Waals surface area (Å²) in [4.78, 5) is 7.74. The number of methoxy groups -OCH3 is 2. The summed E-state index contributed by atoms with van der Waals surface area (Å²) in [6.07, 6.45) is -2.55. The van der Waals surface area contributed by atoms with E-state index in [1.54, 1.807) is 21.3 Å². The molecule has 0 spiro atoms. The topological polar surface area (TPSA) is 77.0 Å². The van der Waals surface area contributed by atoms with E-state index in [9.17, 15) is 13.2 Å². The fourth-order valence-electron chi connectivity index (χ4n) is 2.62. The smallest absolute Gasteiger partial charge is 0.421 e. The van der Waals surface area contributed by atoms with E-state index < -0.39 is 17.6 Å². The van der Waals surface area contributed by atoms with Crippen LogP contribution in [-0.2, 0) is 12.6 Å². The van der Waals surface area contributed by atoms with E-state index in [2.05, 4.69) is 20.6 Å². The van der Waals surface area contributed by atoms with E-state index >= 15 is 0 Å². The van der Waals surface area contributed by atoms with Gasteiger partial charge in [-0.15, -0.1) is 0 Å². The first kappa shape index (κ1) is 23.1. The summed E-state index contributed by atoms with van der Waals surface area (Å²) in [7, 11) is 4.76. The van der Waals surface area contributed by atoms with Gasteiger partial charge in [-0.05, 0) is 36.2 Å². The number of alkyl halides is 3. The van der Waals surface area contributed by atoms with Gasteiger partial charge in [0, 0.05) is 19.8 Å². The third-order valence-corrected chi connectivity index (χ3v) is 4.09. The van der Waals surface area contributed by atoms with E-state index in [1.807, 2.05) is 18.2 Å². The Morgan fingerprint density at radius 3 is 2.47 bits per heavy atom. The number of guanidine groups is 1. The number of halogens is 3. The number of nitrogens with one attached hydrogen (secondary N) is 2. The maximum atomic E-state index is 12.9. The van der Waals surface area contributed by atoms with Crippen LogP contribution in [0.3, 0.4) is 0 Å². The molecule has 0 saturated heterocycles. The Hall–Kier alpha value is -3.17. The minimum atomic E-state index is -4.52. The number of hydrogen-bond donors (Lipinski definition) is 2. The van der Waals surface area contributed by atoms with E-state index in [4.69, 9.17) is 14.2 Å². The molecule has 7 nitrogen and oxygen atoms in total. The molecule has 1 heterocycles. The van der Waals surface area contributed by atoms with E-state index in [0.29, 0.717) is 30.4 Å². The van der Waals surface area contributed by atoms with Gasteiger partial charge in [-0.25, -0.2) is 4.98 Å². The van der Waals surface area contributed by atoms with Crippen molar-refractivity contribution >= 4 is 5.96 Å². The van der Waals surface area contributed by atoms with Crippen LogP contribution in [-0.4, -0.2) is 51.9 Å². The first-order valence-electron chi connectivity index (χ1n) is 9.19. The predicted molar refractivity (Wildman–Crippen MR) is 107 cm³/mol. The van der Waals surface area contributed by atoms with Crippen molar-refractivity contribution in [3.05, 3.63) is 47.7 Å². The standard InChI is InChI=1S/C20H25F3N4O3/c1-24-19(26-10-8-14-6-7-16(28-2)17(13-14)29-3)27-11-12-30-18-15(20(21,22)23)5-4-9-25-18/h4-7,9,13H,8,10-12H2,1-3H3,(H2,24,26,27). The van der Waals surface area contributed by atoms with Crippen molar-refractivity contribution in [2.45, 2.75) is 12.6 Å². The van der Waals surface area contributed by atoms with Crippen molar-refractivity contribution in [2.24, 2.45) is 4.99 Å². The summed E-state index contributed by atoms with van der Waals surface area (Å²) in [5, 5.41) is 6.12. The van der Waals surface area contributed by atoms with Gasteiger partial charge in [0.05, 0.1) is 20.8 Å². The van der Waals surface area contributed by atoms with Crippen LogP contribution in [0.4, 0.5) is 13.2 Å². The van der Waals surface area contributed by atoms with Crippen molar-refractivity contribution in [3.8, 4) is 17.4 Å². The van der Waals surface area contributed by atoms with Crippen molar-refractivity contribution in [2.75, 3.05) is 41.0 Å². The lowest BCUT2D eigenvalue weighted by Crippen LogP contribution is -2.40. The predicted octanol–water partition coefficient (Wildman–Crippen LogP) is 2.90. The van der Waals surface area contributed by atoms with Crippen molar-refractivity contribution in [3.63, 3.8) is 0 Å². The van der Waals surface area contributed by atoms with Crippen LogP contribution >= 0.6 is 0 Å². The molecule has 0 unspecified atom stereocenters. The number of rotatable bonds is 9. The van der Waals surface area contributed by atoms with Gasteiger partial charge in [-0.2, -0.15) is 13.2 Å². The van der Waals surface area contributed by atoms with E-state index in [-0.39, 0.29) is 13.2 Å². The molecule has 0 atom stereocenters. The summed E-state index contributed by atoms with van der Waals surface area (Å²) < 4.78 is 54.5. The van der Waals surface area contributed by atoms with Crippen LogP contribution < -0.4 is 24.8 Å². The van der Waals surface area contributed by atoms with Crippen molar-refractivity contribution in [1.29, 1.82) is 0 Å². The second-order valence-electron chi connectivity index (χ2n) is 6.07. The fraction of sp³-hybridized carbons (Fsp3) is 0.400. The first-order chi connectivity index (χ1) is 14.4. The zero-order valence-electron chi connectivity index (χ0n) is 17.0. The molecule has 0 radical (unpaired) electrons. The van der Waals surface area contributed by atoms with Gasteiger partial charge in [0.1, 0.15) is 12.2 Å². The minimum absolute atomic E-state index is 0.00350. The molecule has 2 N–H and O–H groups in total. The monoisotopic (exact) mass is 426 g/mol. The van der Waals surface area contributed by atoms with Crippen LogP contribution in [0.5, 0.6) is 17.4 Å². The molecule has 30 heavy (non-hydrogen) atoms. The number of aromatic nitrogens is 1. The lowest BCUT2D eigenvalue weighted by atomic mass is 10.1. The van der Waals surface area contributed by atoms with Gasteiger partial charge in [-0.1, -0.05) is 6.07 Å².